The lowest BCUT2D eigenvalue weighted by atomic mass is 10.1. The Morgan fingerprint density at radius 3 is 3.04 bits per heavy atom. The number of hydrogen-bond donors (Lipinski definition) is 2. The molecule has 1 fully saturated rings. The number of aromatic amines is 1. The maximum atomic E-state index is 12.2. The summed E-state index contributed by atoms with van der Waals surface area (Å²) in [7, 11) is 0. The third-order valence-corrected chi connectivity index (χ3v) is 4.08. The summed E-state index contributed by atoms with van der Waals surface area (Å²) in [6.45, 7) is 1.89. The number of benzene rings is 1. The molecule has 6 nitrogen and oxygen atoms in total. The smallest absolute Gasteiger partial charge is 0.272 e. The Hall–Kier alpha value is -2.62. The van der Waals surface area contributed by atoms with E-state index in [2.05, 4.69) is 10.3 Å². The highest BCUT2D eigenvalue weighted by molar-refractivity contribution is 6.03. The average Bonchev–Trinajstić information content (AvgIpc) is 3.12. The molecule has 0 radical (unpaired) electrons. The van der Waals surface area contributed by atoms with Gasteiger partial charge in [-0.05, 0) is 49.1 Å². The average molecular weight is 339 g/mol. The molecule has 1 atom stereocenters. The first-order chi connectivity index (χ1) is 12.2. The summed E-state index contributed by atoms with van der Waals surface area (Å²) in [4.78, 5) is 14.9. The number of rotatable bonds is 6. The summed E-state index contributed by atoms with van der Waals surface area (Å²) in [5.41, 5.74) is 2.39. The highest BCUT2D eigenvalue weighted by atomic mass is 16.5. The van der Waals surface area contributed by atoms with Gasteiger partial charge in [0.05, 0.1) is 19.3 Å². The summed E-state index contributed by atoms with van der Waals surface area (Å²) in [6, 6.07) is 12.7. The zero-order chi connectivity index (χ0) is 17.5. The number of amides is 1. The maximum absolute atomic E-state index is 12.2. The van der Waals surface area contributed by atoms with Gasteiger partial charge < -0.3 is 19.8 Å². The number of nitriles is 1. The van der Waals surface area contributed by atoms with Crippen LogP contribution in [0.2, 0.25) is 0 Å². The Morgan fingerprint density at radius 2 is 2.28 bits per heavy atom. The van der Waals surface area contributed by atoms with E-state index in [0.29, 0.717) is 30.3 Å². The highest BCUT2D eigenvalue weighted by Crippen LogP contribution is 2.16. The molecule has 0 saturated carbocycles. The predicted octanol–water partition coefficient (Wildman–Crippen LogP) is 3.22. The van der Waals surface area contributed by atoms with Crippen molar-refractivity contribution in [2.75, 3.05) is 18.5 Å². The van der Waals surface area contributed by atoms with E-state index in [0.717, 1.165) is 25.0 Å². The number of carbonyl (C=O) groups excluding carboxylic acids is 1. The van der Waals surface area contributed by atoms with Gasteiger partial charge in [0.25, 0.3) is 5.91 Å². The van der Waals surface area contributed by atoms with Crippen molar-refractivity contribution in [3.05, 3.63) is 53.3 Å². The molecule has 1 saturated heterocycles. The lowest BCUT2D eigenvalue weighted by Gasteiger charge is -2.22. The number of anilines is 1. The normalized spacial score (nSPS) is 17.0. The summed E-state index contributed by atoms with van der Waals surface area (Å²) in [5, 5.41) is 11.6. The molecule has 0 aliphatic carbocycles. The zero-order valence-electron chi connectivity index (χ0n) is 14.0. The third kappa shape index (κ3) is 4.92. The topological polar surface area (TPSA) is 87.1 Å². The van der Waals surface area contributed by atoms with E-state index in [9.17, 15) is 4.79 Å². The number of nitrogens with one attached hydrogen (secondary N) is 2. The second kappa shape index (κ2) is 8.47. The van der Waals surface area contributed by atoms with Gasteiger partial charge in [-0.2, -0.15) is 5.26 Å². The van der Waals surface area contributed by atoms with Crippen LogP contribution in [0.4, 0.5) is 5.69 Å². The number of nitrogens with zero attached hydrogens (tertiary/aromatic N) is 1. The predicted molar refractivity (Wildman–Crippen MR) is 93.1 cm³/mol. The summed E-state index contributed by atoms with van der Waals surface area (Å²) < 4.78 is 11.4. The van der Waals surface area contributed by atoms with Crippen molar-refractivity contribution >= 4 is 11.6 Å². The number of hydrogen-bond acceptors (Lipinski definition) is 4. The Bertz CT molecular complexity index is 757. The van der Waals surface area contributed by atoms with Crippen LogP contribution in [0.15, 0.2) is 36.4 Å². The van der Waals surface area contributed by atoms with Crippen LogP contribution >= 0.6 is 0 Å². The van der Waals surface area contributed by atoms with Crippen molar-refractivity contribution in [2.24, 2.45) is 0 Å². The van der Waals surface area contributed by atoms with Gasteiger partial charge in [0.1, 0.15) is 17.5 Å². The van der Waals surface area contributed by atoms with Crippen LogP contribution in [0.3, 0.4) is 0 Å². The molecule has 1 aliphatic rings. The van der Waals surface area contributed by atoms with Crippen molar-refractivity contribution in [3.8, 4) is 6.07 Å². The number of ether oxygens (including phenoxy) is 2. The molecule has 130 valence electrons. The second-order valence-electron chi connectivity index (χ2n) is 6.06. The summed E-state index contributed by atoms with van der Waals surface area (Å²) in [5.74, 6) is -0.282. The number of aromatic nitrogens is 1. The van der Waals surface area contributed by atoms with Gasteiger partial charge in [-0.3, -0.25) is 4.79 Å². The number of carbonyl (C=O) groups is 1. The first kappa shape index (κ1) is 17.2. The van der Waals surface area contributed by atoms with Gasteiger partial charge in [0.2, 0.25) is 0 Å². The van der Waals surface area contributed by atoms with E-state index in [4.69, 9.17) is 14.7 Å². The molecule has 2 heterocycles. The molecular weight excluding hydrogens is 318 g/mol. The maximum Gasteiger partial charge on any atom is 0.272 e. The molecule has 3 rings (SSSR count). The lowest BCUT2D eigenvalue weighted by Crippen LogP contribution is -2.24. The molecule has 0 spiro atoms. The van der Waals surface area contributed by atoms with E-state index in [1.165, 1.54) is 6.42 Å². The summed E-state index contributed by atoms with van der Waals surface area (Å²) >= 11 is 0. The van der Waals surface area contributed by atoms with E-state index < -0.39 is 0 Å². The van der Waals surface area contributed by atoms with E-state index in [1.807, 2.05) is 30.3 Å². The third-order valence-electron chi connectivity index (χ3n) is 4.08. The van der Waals surface area contributed by atoms with Crippen LogP contribution in [0.25, 0.3) is 0 Å². The van der Waals surface area contributed by atoms with Crippen molar-refractivity contribution in [1.29, 1.82) is 5.26 Å². The Morgan fingerprint density at radius 1 is 1.36 bits per heavy atom. The van der Waals surface area contributed by atoms with Gasteiger partial charge in [-0.25, -0.2) is 0 Å². The van der Waals surface area contributed by atoms with Crippen LogP contribution in [-0.4, -0.2) is 30.2 Å². The standard InChI is InChI=1S/C19H21N3O3/c20-11-16-7-8-18(21-16)19(23)22-15-5-3-4-14(10-15)12-24-13-17-6-1-2-9-25-17/h3-5,7-8,10,17,21H,1-2,6,9,12-13H2,(H,22,23)/t17-/m0/s1. The van der Waals surface area contributed by atoms with Crippen LogP contribution < -0.4 is 5.32 Å². The zero-order valence-corrected chi connectivity index (χ0v) is 14.0. The molecule has 0 unspecified atom stereocenters. The summed E-state index contributed by atoms with van der Waals surface area (Å²) in [6.07, 6.45) is 3.58. The monoisotopic (exact) mass is 339 g/mol. The van der Waals surface area contributed by atoms with E-state index >= 15 is 0 Å². The fourth-order valence-corrected chi connectivity index (χ4v) is 2.78. The van der Waals surface area contributed by atoms with Crippen molar-refractivity contribution in [2.45, 2.75) is 32.0 Å². The molecule has 2 N–H and O–H groups in total. The molecule has 1 aliphatic heterocycles. The van der Waals surface area contributed by atoms with Crippen LogP contribution in [-0.2, 0) is 16.1 Å². The van der Waals surface area contributed by atoms with Crippen molar-refractivity contribution < 1.29 is 14.3 Å². The van der Waals surface area contributed by atoms with Crippen molar-refractivity contribution in [3.63, 3.8) is 0 Å². The quantitative estimate of drug-likeness (QED) is 0.846. The fourth-order valence-electron chi connectivity index (χ4n) is 2.78. The minimum absolute atomic E-state index is 0.193. The van der Waals surface area contributed by atoms with Crippen LogP contribution in [0, 0.1) is 11.3 Å². The Labute approximate surface area is 146 Å². The van der Waals surface area contributed by atoms with Crippen LogP contribution in [0.1, 0.15) is 41.0 Å². The molecular formula is C19H21N3O3. The van der Waals surface area contributed by atoms with Gasteiger partial charge in [0.15, 0.2) is 0 Å². The van der Waals surface area contributed by atoms with Gasteiger partial charge >= 0.3 is 0 Å². The lowest BCUT2D eigenvalue weighted by molar-refractivity contribution is -0.0447. The van der Waals surface area contributed by atoms with Gasteiger partial charge in [-0.1, -0.05) is 12.1 Å². The van der Waals surface area contributed by atoms with E-state index in [-0.39, 0.29) is 12.0 Å². The number of H-pyrrole nitrogens is 1. The largest absolute Gasteiger partial charge is 0.376 e. The minimum atomic E-state index is -0.282. The Balaban J connectivity index is 1.52. The molecule has 6 heteroatoms. The van der Waals surface area contributed by atoms with Crippen LogP contribution in [0.5, 0.6) is 0 Å². The first-order valence-corrected chi connectivity index (χ1v) is 8.43. The molecule has 1 amide bonds. The first-order valence-electron chi connectivity index (χ1n) is 8.43. The molecule has 2 aromatic rings. The highest BCUT2D eigenvalue weighted by Gasteiger charge is 2.14. The van der Waals surface area contributed by atoms with E-state index in [1.54, 1.807) is 12.1 Å². The fraction of sp³-hybridized carbons (Fsp3) is 0.368. The molecule has 25 heavy (non-hydrogen) atoms. The van der Waals surface area contributed by atoms with Gasteiger partial charge in [0, 0.05) is 12.3 Å². The van der Waals surface area contributed by atoms with Crippen molar-refractivity contribution in [1.82, 2.24) is 4.98 Å². The Kier molecular flexibility index (Phi) is 5.83. The molecule has 0 bridgehead atoms. The SMILES string of the molecule is N#Cc1ccc(C(=O)Nc2cccc(COC[C@@H]3CCCCO3)c2)[nH]1. The second-order valence-corrected chi connectivity index (χ2v) is 6.06. The minimum Gasteiger partial charge on any atom is -0.376 e. The molecule has 1 aromatic heterocycles. The molecule has 1 aromatic carbocycles. The van der Waals surface area contributed by atoms with Gasteiger partial charge in [-0.15, -0.1) is 0 Å².